The molecule has 8 heteroatoms. The molecule has 54 heavy (non-hydrogen) atoms. The minimum atomic E-state index is -2.36. The molecule has 300 valence electrons. The first kappa shape index (κ1) is 42.6. The number of ether oxygens (including phenoxy) is 3. The van der Waals surface area contributed by atoms with E-state index in [9.17, 15) is 14.7 Å². The lowest BCUT2D eigenvalue weighted by molar-refractivity contribution is -0.198. The average molecular weight is 763 g/mol. The van der Waals surface area contributed by atoms with Gasteiger partial charge in [-0.3, -0.25) is 0 Å². The van der Waals surface area contributed by atoms with Crippen molar-refractivity contribution in [3.8, 4) is 11.1 Å². The van der Waals surface area contributed by atoms with Gasteiger partial charge in [0.1, 0.15) is 6.10 Å². The minimum Gasteiger partial charge on any atom is -0.479 e. The van der Waals surface area contributed by atoms with Crippen molar-refractivity contribution in [3.05, 3.63) is 60.2 Å². The number of hydrogen-bond donors (Lipinski definition) is 1. The molecule has 0 aromatic heterocycles. The van der Waals surface area contributed by atoms with Crippen LogP contribution in [-0.2, 0) is 23.4 Å². The van der Waals surface area contributed by atoms with Crippen molar-refractivity contribution in [2.24, 2.45) is 17.3 Å². The number of unbranched alkanes of at least 4 members (excludes halogenated alkanes) is 2. The van der Waals surface area contributed by atoms with Crippen LogP contribution in [0.2, 0.25) is 18.1 Å². The van der Waals surface area contributed by atoms with Crippen LogP contribution in [0.5, 0.6) is 0 Å². The summed E-state index contributed by atoms with van der Waals surface area (Å²) in [7, 11) is -2.36. The molecular formula is C46H70O7Si. The third-order valence-electron chi connectivity index (χ3n) is 13.7. The van der Waals surface area contributed by atoms with Gasteiger partial charge in [-0.1, -0.05) is 116 Å². The topological polar surface area (TPSA) is 91.3 Å². The summed E-state index contributed by atoms with van der Waals surface area (Å²) in [5, 5.41) is 10.9. The van der Waals surface area contributed by atoms with Crippen molar-refractivity contribution < 1.29 is 33.3 Å². The average Bonchev–Trinajstić information content (AvgIpc) is 3.40. The van der Waals surface area contributed by atoms with E-state index in [1.54, 1.807) is 0 Å². The number of hydrogen-bond acceptors (Lipinski definition) is 6. The highest BCUT2D eigenvalue weighted by Gasteiger charge is 2.55. The Morgan fingerprint density at radius 2 is 1.56 bits per heavy atom. The fourth-order valence-corrected chi connectivity index (χ4v) is 10.9. The first-order valence-electron chi connectivity index (χ1n) is 21.3. The Hall–Kier alpha value is -2.52. The van der Waals surface area contributed by atoms with Gasteiger partial charge < -0.3 is 23.7 Å². The minimum absolute atomic E-state index is 0.0459. The van der Waals surface area contributed by atoms with E-state index in [-0.39, 0.29) is 46.8 Å². The van der Waals surface area contributed by atoms with E-state index in [4.69, 9.17) is 18.6 Å². The van der Waals surface area contributed by atoms with Crippen LogP contribution in [0.1, 0.15) is 148 Å². The number of carbonyl (C=O) groups excluding carboxylic acids is 1. The second kappa shape index (κ2) is 18.6. The highest BCUT2D eigenvalue weighted by molar-refractivity contribution is 6.74. The predicted octanol–water partition coefficient (Wildman–Crippen LogP) is 12.0. The van der Waals surface area contributed by atoms with Gasteiger partial charge in [0, 0.05) is 18.4 Å². The van der Waals surface area contributed by atoms with E-state index >= 15 is 0 Å². The van der Waals surface area contributed by atoms with Crippen LogP contribution < -0.4 is 0 Å². The molecule has 0 radical (unpaired) electrons. The number of benzene rings is 2. The van der Waals surface area contributed by atoms with Gasteiger partial charge in [0.2, 0.25) is 0 Å². The molecule has 3 unspecified atom stereocenters. The molecule has 1 saturated heterocycles. The van der Waals surface area contributed by atoms with Gasteiger partial charge in [-0.2, -0.15) is 0 Å². The van der Waals surface area contributed by atoms with Crippen LogP contribution in [-0.4, -0.2) is 56.1 Å². The molecule has 1 aliphatic heterocycles. The Bertz CT molecular complexity index is 1470. The summed E-state index contributed by atoms with van der Waals surface area (Å²) in [4.78, 5) is 27.2. The Balaban J connectivity index is 1.32. The molecule has 1 N–H and O–H groups in total. The second-order valence-corrected chi connectivity index (χ2v) is 23.1. The molecular weight excluding hydrogens is 693 g/mol. The van der Waals surface area contributed by atoms with Crippen LogP contribution in [0.15, 0.2) is 54.6 Å². The number of carboxylic acids is 1. The summed E-state index contributed by atoms with van der Waals surface area (Å²) in [5.41, 5.74) is 1.29. The summed E-state index contributed by atoms with van der Waals surface area (Å²) in [6, 6.07) is 17.9. The van der Waals surface area contributed by atoms with E-state index in [1.807, 2.05) is 42.5 Å². The molecule has 0 spiro atoms. The lowest BCUT2D eigenvalue weighted by Gasteiger charge is -2.48. The molecule has 5 rings (SSSR count). The Morgan fingerprint density at radius 3 is 2.17 bits per heavy atom. The zero-order chi connectivity index (χ0) is 39.0. The molecule has 2 aromatic carbocycles. The second-order valence-electron chi connectivity index (χ2n) is 18.4. The monoisotopic (exact) mass is 762 g/mol. The summed E-state index contributed by atoms with van der Waals surface area (Å²) < 4.78 is 26.3. The van der Waals surface area contributed by atoms with Crippen LogP contribution in [0.3, 0.4) is 0 Å². The van der Waals surface area contributed by atoms with Gasteiger partial charge in [0.25, 0.3) is 0 Å². The van der Waals surface area contributed by atoms with Crippen LogP contribution >= 0.6 is 0 Å². The fourth-order valence-electron chi connectivity index (χ4n) is 9.37. The Kier molecular flexibility index (Phi) is 14.7. The summed E-state index contributed by atoms with van der Waals surface area (Å²) >= 11 is 0. The van der Waals surface area contributed by atoms with Gasteiger partial charge >= 0.3 is 11.9 Å². The molecule has 2 saturated carbocycles. The predicted molar refractivity (Wildman–Crippen MR) is 219 cm³/mol. The van der Waals surface area contributed by atoms with Crippen LogP contribution in [0.4, 0.5) is 0 Å². The van der Waals surface area contributed by atoms with Gasteiger partial charge in [0.15, 0.2) is 20.2 Å². The maximum atomic E-state index is 13.8. The number of carboxylic acid groups (broad SMARTS) is 1. The van der Waals surface area contributed by atoms with E-state index < -0.39 is 19.9 Å². The largest absolute Gasteiger partial charge is 0.479 e. The zero-order valence-corrected chi connectivity index (χ0v) is 35.5. The standard InChI is InChI=1S/C46H70O7Si/c1-8-20-38-39(51-41-25-16-19-32-50-41)33-40(52-42(47)36-28-26-35(27-29-36)34-21-12-9-13-22-34)45(38,5)30-17-11-18-31-46(43(48)49,37-23-14-10-15-24-37)53-54(6,7)44(2,3)4/h9,12-13,21-22,26-29,37-41H,8,10-11,14-20,23-25,30-33H2,1-7H3,(H,48,49)/t38-,39?,40-,41?,45+,46?/m0/s1. The van der Waals surface area contributed by atoms with Crippen molar-refractivity contribution in [1.29, 1.82) is 0 Å². The summed E-state index contributed by atoms with van der Waals surface area (Å²) in [6.07, 6.45) is 14.3. The highest BCUT2D eigenvalue weighted by atomic mass is 28.4. The lowest BCUT2D eigenvalue weighted by atomic mass is 9.71. The summed E-state index contributed by atoms with van der Waals surface area (Å²) in [6.45, 7) is 16.2. The number of rotatable bonds is 17. The molecule has 3 fully saturated rings. The molecule has 6 atom stereocenters. The van der Waals surface area contributed by atoms with Crippen molar-refractivity contribution in [2.75, 3.05) is 6.61 Å². The molecule has 3 aliphatic rings. The maximum absolute atomic E-state index is 13.8. The first-order valence-corrected chi connectivity index (χ1v) is 24.2. The van der Waals surface area contributed by atoms with Crippen LogP contribution in [0.25, 0.3) is 11.1 Å². The third kappa shape index (κ3) is 10.1. The van der Waals surface area contributed by atoms with Crippen molar-refractivity contribution in [3.63, 3.8) is 0 Å². The fraction of sp³-hybridized carbons (Fsp3) is 0.696. The molecule has 0 amide bonds. The van der Waals surface area contributed by atoms with Gasteiger partial charge in [-0.05, 0) is 111 Å². The molecule has 0 bridgehead atoms. The van der Waals surface area contributed by atoms with E-state index in [0.717, 1.165) is 101 Å². The quantitative estimate of drug-likeness (QED) is 0.0974. The van der Waals surface area contributed by atoms with E-state index in [0.29, 0.717) is 18.4 Å². The normalized spacial score (nSPS) is 26.6. The number of aliphatic carboxylic acids is 1. The molecule has 7 nitrogen and oxygen atoms in total. The van der Waals surface area contributed by atoms with E-state index in [2.05, 4.69) is 59.8 Å². The molecule has 2 aromatic rings. The van der Waals surface area contributed by atoms with Crippen molar-refractivity contribution in [1.82, 2.24) is 0 Å². The summed E-state index contributed by atoms with van der Waals surface area (Å²) in [5.74, 6) is -0.811. The number of carbonyl (C=O) groups is 2. The Labute approximate surface area is 327 Å². The van der Waals surface area contributed by atoms with Gasteiger partial charge in [-0.15, -0.1) is 0 Å². The van der Waals surface area contributed by atoms with Crippen LogP contribution in [0, 0.1) is 17.3 Å². The zero-order valence-electron chi connectivity index (χ0n) is 34.5. The van der Waals surface area contributed by atoms with Gasteiger partial charge in [-0.25, -0.2) is 9.59 Å². The third-order valence-corrected chi connectivity index (χ3v) is 18.1. The number of esters is 1. The maximum Gasteiger partial charge on any atom is 0.338 e. The smallest absolute Gasteiger partial charge is 0.338 e. The first-order chi connectivity index (χ1) is 25.7. The van der Waals surface area contributed by atoms with Crippen molar-refractivity contribution in [2.45, 2.75) is 180 Å². The SMILES string of the molecule is CCC[C@H]1C(OC2CCCCO2)C[C@H](OC(=O)c2ccc(-c3ccccc3)cc2)[C@]1(C)CCCCCC(O[Si](C)(C)C(C)(C)C)(C(=O)O)C1CCCCC1. The molecule has 2 aliphatic carbocycles. The highest BCUT2D eigenvalue weighted by Crippen LogP contribution is 2.53. The van der Waals surface area contributed by atoms with E-state index in [1.165, 1.54) is 6.42 Å². The lowest BCUT2D eigenvalue weighted by Crippen LogP contribution is -2.57. The Morgan fingerprint density at radius 1 is 0.889 bits per heavy atom. The van der Waals surface area contributed by atoms with Crippen molar-refractivity contribution >= 4 is 20.3 Å². The molecule has 1 heterocycles. The van der Waals surface area contributed by atoms with Gasteiger partial charge in [0.05, 0.1) is 11.7 Å².